The van der Waals surface area contributed by atoms with Gasteiger partial charge < -0.3 is 24.7 Å². The number of rotatable bonds is 7. The predicted molar refractivity (Wildman–Crippen MR) is 120 cm³/mol. The Balaban J connectivity index is 1.65. The summed E-state index contributed by atoms with van der Waals surface area (Å²) in [5.41, 5.74) is 6.78. The number of hydrogen-bond acceptors (Lipinski definition) is 3. The minimum atomic E-state index is -0.291. The monoisotopic (exact) mass is 407 g/mol. The molecule has 3 aromatic rings. The normalized spacial score (nSPS) is 10.6. The van der Waals surface area contributed by atoms with Crippen LogP contribution in [-0.4, -0.2) is 24.8 Å². The lowest BCUT2D eigenvalue weighted by Gasteiger charge is -2.15. The van der Waals surface area contributed by atoms with Crippen molar-refractivity contribution in [3.63, 3.8) is 0 Å². The Morgan fingerprint density at radius 1 is 0.967 bits per heavy atom. The van der Waals surface area contributed by atoms with E-state index in [9.17, 15) is 4.79 Å². The quantitative estimate of drug-likeness (QED) is 0.591. The number of aryl methyl sites for hydroxylation is 3. The average Bonchev–Trinajstić information content (AvgIpc) is 3.15. The summed E-state index contributed by atoms with van der Waals surface area (Å²) < 4.78 is 12.6. The van der Waals surface area contributed by atoms with Crippen molar-refractivity contribution in [3.05, 3.63) is 76.6 Å². The number of aromatic nitrogens is 1. The molecule has 3 rings (SSSR count). The van der Waals surface area contributed by atoms with Crippen molar-refractivity contribution in [1.29, 1.82) is 0 Å². The minimum Gasteiger partial charge on any atom is -0.497 e. The lowest BCUT2D eigenvalue weighted by molar-refractivity contribution is 0.251. The highest BCUT2D eigenvalue weighted by atomic mass is 16.5. The molecule has 0 fully saturated rings. The van der Waals surface area contributed by atoms with Gasteiger partial charge in [0.25, 0.3) is 0 Å². The van der Waals surface area contributed by atoms with Gasteiger partial charge in [-0.05, 0) is 49.6 Å². The number of nitrogens with one attached hydrogen (secondary N) is 2. The highest BCUT2D eigenvalue weighted by molar-refractivity contribution is 5.89. The van der Waals surface area contributed by atoms with Gasteiger partial charge in [0.15, 0.2) is 0 Å². The zero-order valence-corrected chi connectivity index (χ0v) is 18.2. The van der Waals surface area contributed by atoms with Crippen molar-refractivity contribution < 1.29 is 14.3 Å². The number of anilines is 1. The van der Waals surface area contributed by atoms with Gasteiger partial charge >= 0.3 is 6.03 Å². The number of methoxy groups -OCH3 is 2. The van der Waals surface area contributed by atoms with Gasteiger partial charge in [0.1, 0.15) is 11.5 Å². The Hall–Kier alpha value is -3.41. The first-order chi connectivity index (χ1) is 14.4. The molecule has 0 unspecified atom stereocenters. The van der Waals surface area contributed by atoms with Crippen molar-refractivity contribution in [1.82, 2.24) is 9.88 Å². The Kier molecular flexibility index (Phi) is 6.67. The largest absolute Gasteiger partial charge is 0.497 e. The second-order valence-electron chi connectivity index (χ2n) is 7.41. The number of benzene rings is 2. The second-order valence-corrected chi connectivity index (χ2v) is 7.41. The van der Waals surface area contributed by atoms with Crippen LogP contribution in [0.15, 0.2) is 48.7 Å². The molecule has 2 N–H and O–H groups in total. The molecule has 0 radical (unpaired) electrons. The second kappa shape index (κ2) is 9.39. The van der Waals surface area contributed by atoms with E-state index in [0.29, 0.717) is 23.7 Å². The standard InChI is InChI=1S/C24H29N3O3/c1-16-9-17(2)23(18(3)10-16)15-27-8-6-7-20(27)14-25-24(28)26-19-11-21(29-4)13-22(12-19)30-5/h6-13H,14-15H2,1-5H3,(H2,25,26,28). The lowest BCUT2D eigenvalue weighted by Crippen LogP contribution is -2.29. The first-order valence-electron chi connectivity index (χ1n) is 9.88. The number of hydrogen-bond donors (Lipinski definition) is 2. The predicted octanol–water partition coefficient (Wildman–Crippen LogP) is 4.80. The summed E-state index contributed by atoms with van der Waals surface area (Å²) in [6.45, 7) is 7.60. The van der Waals surface area contributed by atoms with Crippen LogP contribution < -0.4 is 20.1 Å². The summed E-state index contributed by atoms with van der Waals surface area (Å²) >= 11 is 0. The van der Waals surface area contributed by atoms with E-state index in [1.165, 1.54) is 22.3 Å². The molecular weight excluding hydrogens is 378 g/mol. The topological polar surface area (TPSA) is 64.5 Å². The number of carbonyl (C=O) groups is 1. The molecule has 0 aliphatic rings. The van der Waals surface area contributed by atoms with E-state index in [1.807, 2.05) is 18.3 Å². The van der Waals surface area contributed by atoms with Gasteiger partial charge in [0.2, 0.25) is 0 Å². The first-order valence-corrected chi connectivity index (χ1v) is 9.88. The molecule has 0 spiro atoms. The van der Waals surface area contributed by atoms with Crippen molar-refractivity contribution >= 4 is 11.7 Å². The highest BCUT2D eigenvalue weighted by Gasteiger charge is 2.10. The summed E-state index contributed by atoms with van der Waals surface area (Å²) in [6, 6.07) is 13.4. The van der Waals surface area contributed by atoms with E-state index in [2.05, 4.69) is 48.1 Å². The van der Waals surface area contributed by atoms with Crippen LogP contribution in [0.3, 0.4) is 0 Å². The third kappa shape index (κ3) is 5.14. The summed E-state index contributed by atoms with van der Waals surface area (Å²) in [5, 5.41) is 5.75. The maximum atomic E-state index is 12.4. The molecule has 0 saturated carbocycles. The summed E-state index contributed by atoms with van der Waals surface area (Å²) in [4.78, 5) is 12.4. The van der Waals surface area contributed by atoms with E-state index in [0.717, 1.165) is 12.2 Å². The number of ether oxygens (including phenoxy) is 2. The molecule has 0 saturated heterocycles. The molecule has 0 aliphatic carbocycles. The van der Waals surface area contributed by atoms with Crippen molar-refractivity contribution in [3.8, 4) is 11.5 Å². The van der Waals surface area contributed by atoms with Crippen LogP contribution >= 0.6 is 0 Å². The van der Waals surface area contributed by atoms with Crippen LogP contribution in [0.2, 0.25) is 0 Å². The third-order valence-corrected chi connectivity index (χ3v) is 5.13. The highest BCUT2D eigenvalue weighted by Crippen LogP contribution is 2.25. The van der Waals surface area contributed by atoms with Crippen molar-refractivity contribution in [2.75, 3.05) is 19.5 Å². The molecule has 6 nitrogen and oxygen atoms in total. The Morgan fingerprint density at radius 3 is 2.20 bits per heavy atom. The number of urea groups is 1. The molecule has 0 bridgehead atoms. The third-order valence-electron chi connectivity index (χ3n) is 5.13. The molecule has 6 heteroatoms. The van der Waals surface area contributed by atoms with E-state index in [1.54, 1.807) is 32.4 Å². The fourth-order valence-corrected chi connectivity index (χ4v) is 3.62. The zero-order valence-electron chi connectivity index (χ0n) is 18.2. The van der Waals surface area contributed by atoms with Crippen LogP contribution in [0.1, 0.15) is 27.9 Å². The molecule has 0 aliphatic heterocycles. The summed E-state index contributed by atoms with van der Waals surface area (Å²) in [7, 11) is 3.15. The molecule has 1 aromatic heterocycles. The van der Waals surface area contributed by atoms with Crippen molar-refractivity contribution in [2.45, 2.75) is 33.9 Å². The number of amides is 2. The van der Waals surface area contributed by atoms with Gasteiger partial charge in [0.05, 0.1) is 20.8 Å². The molecule has 158 valence electrons. The number of carbonyl (C=O) groups excluding carboxylic acids is 1. The van der Waals surface area contributed by atoms with Crippen LogP contribution in [0.5, 0.6) is 11.5 Å². The Labute approximate surface area is 177 Å². The SMILES string of the molecule is COc1cc(NC(=O)NCc2cccn2Cc2c(C)cc(C)cc2C)cc(OC)c1. The van der Waals surface area contributed by atoms with Crippen LogP contribution in [0, 0.1) is 20.8 Å². The molecule has 2 aromatic carbocycles. The van der Waals surface area contributed by atoms with Gasteiger partial charge in [0, 0.05) is 42.3 Å². The fraction of sp³-hybridized carbons (Fsp3) is 0.292. The Morgan fingerprint density at radius 2 is 1.60 bits per heavy atom. The minimum absolute atomic E-state index is 0.291. The van der Waals surface area contributed by atoms with E-state index in [-0.39, 0.29) is 6.03 Å². The molecule has 1 heterocycles. The van der Waals surface area contributed by atoms with E-state index < -0.39 is 0 Å². The smallest absolute Gasteiger partial charge is 0.319 e. The number of nitrogens with zero attached hydrogens (tertiary/aromatic N) is 1. The summed E-state index contributed by atoms with van der Waals surface area (Å²) in [6.07, 6.45) is 2.04. The van der Waals surface area contributed by atoms with Gasteiger partial charge in [-0.1, -0.05) is 17.7 Å². The Bertz CT molecular complexity index is 995. The van der Waals surface area contributed by atoms with Gasteiger partial charge in [-0.15, -0.1) is 0 Å². The molecule has 2 amide bonds. The van der Waals surface area contributed by atoms with Gasteiger partial charge in [-0.2, -0.15) is 0 Å². The maximum absolute atomic E-state index is 12.4. The van der Waals surface area contributed by atoms with Crippen LogP contribution in [0.4, 0.5) is 10.5 Å². The summed E-state index contributed by atoms with van der Waals surface area (Å²) in [5.74, 6) is 1.23. The zero-order chi connectivity index (χ0) is 21.7. The van der Waals surface area contributed by atoms with Gasteiger partial charge in [-0.25, -0.2) is 4.79 Å². The van der Waals surface area contributed by atoms with Gasteiger partial charge in [-0.3, -0.25) is 0 Å². The van der Waals surface area contributed by atoms with E-state index in [4.69, 9.17) is 9.47 Å². The van der Waals surface area contributed by atoms with Crippen LogP contribution in [0.25, 0.3) is 0 Å². The average molecular weight is 408 g/mol. The lowest BCUT2D eigenvalue weighted by atomic mass is 10.00. The molecule has 0 atom stereocenters. The first kappa shape index (κ1) is 21.3. The molecule has 30 heavy (non-hydrogen) atoms. The van der Waals surface area contributed by atoms with Crippen LogP contribution in [-0.2, 0) is 13.1 Å². The maximum Gasteiger partial charge on any atom is 0.319 e. The fourth-order valence-electron chi connectivity index (χ4n) is 3.62. The molecular formula is C24H29N3O3. The van der Waals surface area contributed by atoms with E-state index >= 15 is 0 Å². The van der Waals surface area contributed by atoms with Crippen molar-refractivity contribution in [2.24, 2.45) is 0 Å².